The normalized spacial score (nSPS) is 17.9. The van der Waals surface area contributed by atoms with Gasteiger partial charge in [0.15, 0.2) is 0 Å². The van der Waals surface area contributed by atoms with Crippen LogP contribution in [0.15, 0.2) is 49.1 Å². The summed E-state index contributed by atoms with van der Waals surface area (Å²) in [4.78, 5) is 41.2. The fourth-order valence-electron chi connectivity index (χ4n) is 5.74. The maximum atomic E-state index is 13.2. The molecule has 2 aromatic heterocycles. The lowest BCUT2D eigenvalue weighted by atomic mass is 9.89. The molecule has 0 unspecified atom stereocenters. The molecule has 5 rings (SSSR count). The van der Waals surface area contributed by atoms with Gasteiger partial charge in [0.05, 0.1) is 42.5 Å². The number of carbonyl (C=O) groups is 2. The number of ether oxygens (including phenoxy) is 1. The first kappa shape index (κ1) is 30.7. The number of carbonyl (C=O) groups excluding carboxylic acids is 2. The number of pyridine rings is 1. The number of hydrogen-bond acceptors (Lipinski definition) is 7. The lowest BCUT2D eigenvalue weighted by molar-refractivity contribution is -0.122. The maximum Gasteiger partial charge on any atom is 0.410 e. The number of aromatic nitrogens is 3. The topological polar surface area (TPSA) is 95.8 Å². The Morgan fingerprint density at radius 2 is 1.91 bits per heavy atom. The Labute approximate surface area is 258 Å². The average Bonchev–Trinajstić information content (AvgIpc) is 3.30. The van der Waals surface area contributed by atoms with E-state index in [4.69, 9.17) is 21.3 Å². The Kier molecular flexibility index (Phi) is 8.91. The Bertz CT molecular complexity index is 1520. The molecule has 10 nitrogen and oxygen atoms in total. The van der Waals surface area contributed by atoms with Gasteiger partial charge in [-0.15, -0.1) is 0 Å². The molecule has 1 aliphatic heterocycles. The summed E-state index contributed by atoms with van der Waals surface area (Å²) < 4.78 is 7.56. The van der Waals surface area contributed by atoms with Crippen LogP contribution in [-0.2, 0) is 16.6 Å². The third kappa shape index (κ3) is 6.92. The van der Waals surface area contributed by atoms with Crippen LogP contribution in [0.1, 0.15) is 60.9 Å². The summed E-state index contributed by atoms with van der Waals surface area (Å²) in [7, 11) is 5.66. The molecule has 1 aliphatic carbocycles. The van der Waals surface area contributed by atoms with E-state index in [0.29, 0.717) is 31.2 Å². The van der Waals surface area contributed by atoms with Gasteiger partial charge in [-0.25, -0.2) is 9.78 Å². The minimum atomic E-state index is -0.551. The SMILES string of the molecule is CN(C)CC(=O)N[C@H](C1=Cc2cccnc2[C@@H](N2CCN(C(=O)OC(C)(C)C)CC2)c2ccc(Cl)cc21)c1cncn1C. The van der Waals surface area contributed by atoms with E-state index in [1.165, 1.54) is 0 Å². The molecule has 0 radical (unpaired) electrons. The first-order valence-electron chi connectivity index (χ1n) is 14.5. The van der Waals surface area contributed by atoms with E-state index in [2.05, 4.69) is 33.4 Å². The zero-order chi connectivity index (χ0) is 30.9. The van der Waals surface area contributed by atoms with Crippen molar-refractivity contribution >= 4 is 35.3 Å². The molecular weight excluding hydrogens is 566 g/mol. The molecule has 1 fully saturated rings. The summed E-state index contributed by atoms with van der Waals surface area (Å²) in [6.45, 7) is 8.23. The van der Waals surface area contributed by atoms with Crippen LogP contribution in [0.2, 0.25) is 5.02 Å². The molecule has 11 heteroatoms. The minimum absolute atomic E-state index is 0.105. The largest absolute Gasteiger partial charge is 0.444 e. The van der Waals surface area contributed by atoms with E-state index in [1.54, 1.807) is 17.4 Å². The van der Waals surface area contributed by atoms with Crippen molar-refractivity contribution in [2.24, 2.45) is 7.05 Å². The number of likely N-dealkylation sites (N-methyl/N-ethyl adjacent to an activating group) is 1. The number of imidazole rings is 1. The van der Waals surface area contributed by atoms with E-state index < -0.39 is 11.6 Å². The summed E-state index contributed by atoms with van der Waals surface area (Å²) in [6, 6.07) is 9.23. The van der Waals surface area contributed by atoms with Gasteiger partial charge in [0.1, 0.15) is 5.60 Å². The van der Waals surface area contributed by atoms with Crippen molar-refractivity contribution in [3.63, 3.8) is 0 Å². The van der Waals surface area contributed by atoms with Crippen LogP contribution in [-0.4, -0.2) is 93.7 Å². The first-order chi connectivity index (χ1) is 20.4. The van der Waals surface area contributed by atoms with Gasteiger partial charge < -0.3 is 24.4 Å². The van der Waals surface area contributed by atoms with E-state index in [9.17, 15) is 9.59 Å². The Hall–Kier alpha value is -3.73. The van der Waals surface area contributed by atoms with Crippen molar-refractivity contribution in [1.29, 1.82) is 0 Å². The minimum Gasteiger partial charge on any atom is -0.444 e. The van der Waals surface area contributed by atoms with Gasteiger partial charge in [0.2, 0.25) is 5.91 Å². The van der Waals surface area contributed by atoms with Crippen molar-refractivity contribution in [2.75, 3.05) is 46.8 Å². The Morgan fingerprint density at radius 3 is 2.56 bits per heavy atom. The van der Waals surface area contributed by atoms with E-state index in [0.717, 1.165) is 33.7 Å². The predicted octanol–water partition coefficient (Wildman–Crippen LogP) is 4.38. The Balaban J connectivity index is 1.57. The van der Waals surface area contributed by atoms with Crippen LogP contribution in [0.25, 0.3) is 11.6 Å². The zero-order valence-corrected chi connectivity index (χ0v) is 26.4. The number of nitrogens with one attached hydrogen (secondary N) is 1. The molecule has 43 heavy (non-hydrogen) atoms. The molecule has 1 aromatic carbocycles. The molecular formula is C32H40ClN7O3. The molecule has 1 N–H and O–H groups in total. The number of rotatable bonds is 6. The molecule has 228 valence electrons. The molecule has 2 atom stereocenters. The van der Waals surface area contributed by atoms with Crippen LogP contribution in [0.3, 0.4) is 0 Å². The second-order valence-corrected chi connectivity index (χ2v) is 12.8. The number of nitrogens with zero attached hydrogens (tertiary/aromatic N) is 6. The van der Waals surface area contributed by atoms with Gasteiger partial charge in [-0.2, -0.15) is 0 Å². The van der Waals surface area contributed by atoms with Gasteiger partial charge in [0, 0.05) is 44.4 Å². The fourth-order valence-corrected chi connectivity index (χ4v) is 5.91. The first-order valence-corrected chi connectivity index (χ1v) is 14.9. The van der Waals surface area contributed by atoms with Crippen molar-refractivity contribution in [2.45, 2.75) is 38.5 Å². The molecule has 2 amide bonds. The van der Waals surface area contributed by atoms with E-state index in [1.807, 2.05) is 75.8 Å². The van der Waals surface area contributed by atoms with Gasteiger partial charge in [-0.3, -0.25) is 14.7 Å². The predicted molar refractivity (Wildman–Crippen MR) is 167 cm³/mol. The van der Waals surface area contributed by atoms with Crippen LogP contribution in [0.4, 0.5) is 4.79 Å². The van der Waals surface area contributed by atoms with Crippen LogP contribution in [0.5, 0.6) is 0 Å². The number of halogens is 1. The summed E-state index contributed by atoms with van der Waals surface area (Å²) in [5, 5.41) is 3.86. The number of piperazine rings is 1. The zero-order valence-electron chi connectivity index (χ0n) is 25.7. The highest BCUT2D eigenvalue weighted by molar-refractivity contribution is 6.30. The van der Waals surface area contributed by atoms with Crippen LogP contribution >= 0.6 is 11.6 Å². The number of fused-ring (bicyclic) bond motifs is 2. The highest BCUT2D eigenvalue weighted by atomic mass is 35.5. The summed E-state index contributed by atoms with van der Waals surface area (Å²) in [5.41, 5.74) is 5.03. The van der Waals surface area contributed by atoms with Crippen molar-refractivity contribution in [3.8, 4) is 0 Å². The highest BCUT2D eigenvalue weighted by Gasteiger charge is 2.36. The van der Waals surface area contributed by atoms with E-state index in [-0.39, 0.29) is 24.6 Å². The molecule has 3 heterocycles. The monoisotopic (exact) mass is 605 g/mol. The number of hydrogen-bond donors (Lipinski definition) is 1. The van der Waals surface area contributed by atoms with Crippen molar-refractivity contribution in [3.05, 3.63) is 82.2 Å². The van der Waals surface area contributed by atoms with Gasteiger partial charge in [0.25, 0.3) is 0 Å². The smallest absolute Gasteiger partial charge is 0.410 e. The third-order valence-electron chi connectivity index (χ3n) is 7.62. The quantitative estimate of drug-likeness (QED) is 0.445. The summed E-state index contributed by atoms with van der Waals surface area (Å²) in [6.07, 6.45) is 7.15. The molecule has 2 aliphatic rings. The van der Waals surface area contributed by atoms with Crippen molar-refractivity contribution in [1.82, 2.24) is 34.6 Å². The molecule has 3 aromatic rings. The van der Waals surface area contributed by atoms with Gasteiger partial charge in [-0.05, 0) is 81.4 Å². The second-order valence-electron chi connectivity index (χ2n) is 12.4. The van der Waals surface area contributed by atoms with Crippen molar-refractivity contribution < 1.29 is 14.3 Å². The number of amides is 2. The number of aryl methyl sites for hydroxylation is 1. The average molecular weight is 606 g/mol. The Morgan fingerprint density at radius 1 is 1.16 bits per heavy atom. The second kappa shape index (κ2) is 12.5. The summed E-state index contributed by atoms with van der Waals surface area (Å²) in [5.74, 6) is -0.105. The lowest BCUT2D eigenvalue weighted by Gasteiger charge is -2.40. The van der Waals surface area contributed by atoms with E-state index >= 15 is 0 Å². The van der Waals surface area contributed by atoms with Gasteiger partial charge >= 0.3 is 6.09 Å². The third-order valence-corrected chi connectivity index (χ3v) is 7.85. The standard InChI is InChI=1S/C32H40ClN7O3/c1-32(2,3)43-31(42)40-14-12-39(13-15-40)30-23-10-9-22(33)17-24(23)25(16-21-8-7-11-35-28(21)30)29(26-18-34-20-38(26)6)36-27(41)19-37(4)5/h7-11,16-18,20,29-30H,12-15,19H2,1-6H3,(H,36,41)/t29-,30+/m1/s1. The van der Waals surface area contributed by atoms with Gasteiger partial charge in [-0.1, -0.05) is 23.7 Å². The molecule has 0 saturated carbocycles. The maximum absolute atomic E-state index is 13.2. The molecule has 1 saturated heterocycles. The fraction of sp³-hybridized carbons (Fsp3) is 0.438. The number of benzene rings is 1. The summed E-state index contributed by atoms with van der Waals surface area (Å²) >= 11 is 6.66. The van der Waals surface area contributed by atoms with Crippen LogP contribution in [0, 0.1) is 0 Å². The lowest BCUT2D eigenvalue weighted by Crippen LogP contribution is -2.51. The highest BCUT2D eigenvalue weighted by Crippen LogP contribution is 2.44. The van der Waals surface area contributed by atoms with Crippen LogP contribution < -0.4 is 5.32 Å². The molecule has 0 bridgehead atoms. The molecule has 0 spiro atoms.